The molecule has 1 atom stereocenters. The molecule has 0 bridgehead atoms. The van der Waals surface area contributed by atoms with Crippen molar-refractivity contribution in [2.24, 2.45) is 5.41 Å². The molecule has 100 valence electrons. The van der Waals surface area contributed by atoms with E-state index in [0.29, 0.717) is 0 Å². The first-order chi connectivity index (χ1) is 8.51. The number of rotatable bonds is 4. The van der Waals surface area contributed by atoms with Crippen molar-refractivity contribution >= 4 is 0 Å². The van der Waals surface area contributed by atoms with Gasteiger partial charge in [0, 0.05) is 0 Å². The van der Waals surface area contributed by atoms with E-state index in [1.54, 1.807) is 0 Å². The third-order valence-corrected chi connectivity index (χ3v) is 3.97. The molecular weight excluding hydrogens is 224 g/mol. The molecule has 0 aromatic heterocycles. The number of hydrogen-bond acceptors (Lipinski definition) is 2. The fourth-order valence-corrected chi connectivity index (χ4v) is 2.86. The number of ether oxygens (including phenoxy) is 1. The molecule has 1 aromatic rings. The smallest absolute Gasteiger partial charge is 0.119 e. The molecule has 2 rings (SSSR count). The lowest BCUT2D eigenvalue weighted by molar-refractivity contribution is 0.0408. The van der Waals surface area contributed by atoms with E-state index in [4.69, 9.17) is 4.74 Å². The first-order valence-electron chi connectivity index (χ1n) is 6.96. The molecule has 1 unspecified atom stereocenters. The first-order valence-corrected chi connectivity index (χ1v) is 6.96. The largest absolute Gasteiger partial charge is 0.491 e. The summed E-state index contributed by atoms with van der Waals surface area (Å²) in [6.07, 6.45) is 4.56. The Labute approximate surface area is 110 Å². The van der Waals surface area contributed by atoms with Crippen molar-refractivity contribution in [3.05, 3.63) is 29.8 Å². The van der Waals surface area contributed by atoms with Crippen molar-refractivity contribution < 1.29 is 9.84 Å². The molecule has 0 saturated heterocycles. The zero-order chi connectivity index (χ0) is 13.2. The highest BCUT2D eigenvalue weighted by Gasteiger charge is 2.36. The van der Waals surface area contributed by atoms with E-state index in [0.717, 1.165) is 24.2 Å². The van der Waals surface area contributed by atoms with Gasteiger partial charge in [0.1, 0.15) is 5.75 Å². The van der Waals surface area contributed by atoms with Crippen molar-refractivity contribution in [2.75, 3.05) is 0 Å². The maximum absolute atomic E-state index is 10.5. The second-order valence-corrected chi connectivity index (χ2v) is 6.00. The third kappa shape index (κ3) is 2.86. The molecule has 0 aliphatic heterocycles. The summed E-state index contributed by atoms with van der Waals surface area (Å²) in [5.74, 6) is 0.873. The number of aliphatic hydroxyl groups is 1. The standard InChI is InChI=1S/C16H24O2/c1-12(2)18-14-8-6-13(7-9-14)15(17)16(3)10-4-5-11-16/h6-9,12,15,17H,4-5,10-11H2,1-3H3. The zero-order valence-corrected chi connectivity index (χ0v) is 11.6. The van der Waals surface area contributed by atoms with Gasteiger partial charge in [-0.2, -0.15) is 0 Å². The normalized spacial score (nSPS) is 20.1. The molecule has 1 aliphatic rings. The molecule has 1 aliphatic carbocycles. The number of hydrogen-bond donors (Lipinski definition) is 1. The van der Waals surface area contributed by atoms with Crippen LogP contribution in [0.25, 0.3) is 0 Å². The van der Waals surface area contributed by atoms with Crippen molar-refractivity contribution in [3.8, 4) is 5.75 Å². The van der Waals surface area contributed by atoms with Gasteiger partial charge in [-0.25, -0.2) is 0 Å². The molecule has 2 nitrogen and oxygen atoms in total. The molecule has 1 N–H and O–H groups in total. The molecule has 18 heavy (non-hydrogen) atoms. The SMILES string of the molecule is CC(C)Oc1ccc(C(O)C2(C)CCCC2)cc1. The van der Waals surface area contributed by atoms with Crippen LogP contribution in [0.2, 0.25) is 0 Å². The average molecular weight is 248 g/mol. The summed E-state index contributed by atoms with van der Waals surface area (Å²) in [4.78, 5) is 0. The monoisotopic (exact) mass is 248 g/mol. The highest BCUT2D eigenvalue weighted by Crippen LogP contribution is 2.47. The molecule has 2 heteroatoms. The van der Waals surface area contributed by atoms with Crippen molar-refractivity contribution in [1.82, 2.24) is 0 Å². The van der Waals surface area contributed by atoms with Gasteiger partial charge in [-0.15, -0.1) is 0 Å². The molecule has 1 saturated carbocycles. The van der Waals surface area contributed by atoms with Crippen LogP contribution in [0.5, 0.6) is 5.75 Å². The van der Waals surface area contributed by atoms with Gasteiger partial charge in [-0.1, -0.05) is 31.9 Å². The van der Waals surface area contributed by atoms with Gasteiger partial charge in [0.15, 0.2) is 0 Å². The maximum atomic E-state index is 10.5. The molecule has 1 aromatic carbocycles. The molecule has 0 heterocycles. The minimum absolute atomic E-state index is 0.0560. The highest BCUT2D eigenvalue weighted by atomic mass is 16.5. The van der Waals surface area contributed by atoms with Crippen LogP contribution >= 0.6 is 0 Å². The van der Waals surface area contributed by atoms with E-state index >= 15 is 0 Å². The van der Waals surface area contributed by atoms with Crippen LogP contribution in [0.15, 0.2) is 24.3 Å². The summed E-state index contributed by atoms with van der Waals surface area (Å²) < 4.78 is 5.62. The minimum Gasteiger partial charge on any atom is -0.491 e. The average Bonchev–Trinajstić information content (AvgIpc) is 2.77. The molecule has 1 fully saturated rings. The van der Waals surface area contributed by atoms with E-state index in [-0.39, 0.29) is 17.6 Å². The van der Waals surface area contributed by atoms with Gasteiger partial charge in [-0.05, 0) is 49.8 Å². The van der Waals surface area contributed by atoms with Crippen LogP contribution in [0.1, 0.15) is 58.1 Å². The van der Waals surface area contributed by atoms with Crippen molar-refractivity contribution in [3.63, 3.8) is 0 Å². The Morgan fingerprint density at radius 2 is 1.67 bits per heavy atom. The Kier molecular flexibility index (Phi) is 3.96. The number of benzene rings is 1. The minimum atomic E-state index is -0.354. The second-order valence-electron chi connectivity index (χ2n) is 6.00. The van der Waals surface area contributed by atoms with Gasteiger partial charge in [0.2, 0.25) is 0 Å². The van der Waals surface area contributed by atoms with Crippen LogP contribution in [0.3, 0.4) is 0 Å². The Hall–Kier alpha value is -1.02. The van der Waals surface area contributed by atoms with Crippen molar-refractivity contribution in [1.29, 1.82) is 0 Å². The van der Waals surface area contributed by atoms with Gasteiger partial charge in [0.25, 0.3) is 0 Å². The summed E-state index contributed by atoms with van der Waals surface area (Å²) in [6.45, 7) is 6.23. The second kappa shape index (κ2) is 5.31. The summed E-state index contributed by atoms with van der Waals surface area (Å²) in [5.41, 5.74) is 1.07. The third-order valence-electron chi connectivity index (χ3n) is 3.97. The predicted octanol–water partition coefficient (Wildman–Crippen LogP) is 4.09. The van der Waals surface area contributed by atoms with Crippen LogP contribution in [-0.4, -0.2) is 11.2 Å². The molecule has 0 spiro atoms. The van der Waals surface area contributed by atoms with Crippen LogP contribution < -0.4 is 4.74 Å². The van der Waals surface area contributed by atoms with E-state index in [1.807, 2.05) is 38.1 Å². The highest BCUT2D eigenvalue weighted by molar-refractivity contribution is 5.29. The Morgan fingerprint density at radius 1 is 1.11 bits per heavy atom. The Bertz CT molecular complexity index is 375. The summed E-state index contributed by atoms with van der Waals surface area (Å²) in [7, 11) is 0. The fraction of sp³-hybridized carbons (Fsp3) is 0.625. The summed E-state index contributed by atoms with van der Waals surface area (Å²) in [6, 6.07) is 7.89. The summed E-state index contributed by atoms with van der Waals surface area (Å²) >= 11 is 0. The van der Waals surface area contributed by atoms with Gasteiger partial charge in [0.05, 0.1) is 12.2 Å². The fourth-order valence-electron chi connectivity index (χ4n) is 2.86. The van der Waals surface area contributed by atoms with Crippen LogP contribution in [0.4, 0.5) is 0 Å². The Balaban J connectivity index is 2.09. The lowest BCUT2D eigenvalue weighted by Gasteiger charge is -2.30. The first kappa shape index (κ1) is 13.4. The Morgan fingerprint density at radius 3 is 2.17 bits per heavy atom. The van der Waals surface area contributed by atoms with Crippen molar-refractivity contribution in [2.45, 2.75) is 58.7 Å². The van der Waals surface area contributed by atoms with Crippen LogP contribution in [-0.2, 0) is 0 Å². The molecular formula is C16H24O2. The maximum Gasteiger partial charge on any atom is 0.119 e. The summed E-state index contributed by atoms with van der Waals surface area (Å²) in [5, 5.41) is 10.5. The van der Waals surface area contributed by atoms with E-state index in [9.17, 15) is 5.11 Å². The quantitative estimate of drug-likeness (QED) is 0.869. The van der Waals surface area contributed by atoms with Gasteiger partial charge >= 0.3 is 0 Å². The van der Waals surface area contributed by atoms with E-state index < -0.39 is 0 Å². The van der Waals surface area contributed by atoms with E-state index in [1.165, 1.54) is 12.8 Å². The topological polar surface area (TPSA) is 29.5 Å². The zero-order valence-electron chi connectivity index (χ0n) is 11.6. The predicted molar refractivity (Wildman–Crippen MR) is 73.7 cm³/mol. The number of aliphatic hydroxyl groups excluding tert-OH is 1. The van der Waals surface area contributed by atoms with Gasteiger partial charge in [-0.3, -0.25) is 0 Å². The lowest BCUT2D eigenvalue weighted by Crippen LogP contribution is -2.21. The van der Waals surface area contributed by atoms with Crippen LogP contribution in [0, 0.1) is 5.41 Å². The molecule has 0 radical (unpaired) electrons. The lowest BCUT2D eigenvalue weighted by atomic mass is 9.79. The van der Waals surface area contributed by atoms with Gasteiger partial charge < -0.3 is 9.84 Å². The van der Waals surface area contributed by atoms with E-state index in [2.05, 4.69) is 6.92 Å². The molecule has 0 amide bonds.